The van der Waals surface area contributed by atoms with Crippen LogP contribution in [0, 0.1) is 11.7 Å². The van der Waals surface area contributed by atoms with Gasteiger partial charge in [-0.25, -0.2) is 9.38 Å². The minimum Gasteiger partial charge on any atom is -0.370 e. The number of ether oxygens (including phenoxy) is 1. The van der Waals surface area contributed by atoms with E-state index in [0.717, 1.165) is 5.56 Å². The van der Waals surface area contributed by atoms with E-state index in [0.29, 0.717) is 41.8 Å². The number of pyridine rings is 1. The molecular formula is C21H19ClFN3O2. The van der Waals surface area contributed by atoms with E-state index in [1.807, 2.05) is 24.0 Å². The molecule has 2 aliphatic heterocycles. The number of allylic oxidation sites excluding steroid dienone is 1. The highest BCUT2D eigenvalue weighted by molar-refractivity contribution is 6.31. The normalized spacial score (nSPS) is 22.7. The third kappa shape index (κ3) is 3.57. The number of aliphatic imine (C=N–C) groups is 1. The number of morpholine rings is 1. The summed E-state index contributed by atoms with van der Waals surface area (Å²) >= 11 is 6.21. The third-order valence-electron chi connectivity index (χ3n) is 5.02. The maximum absolute atomic E-state index is 14.3. The van der Waals surface area contributed by atoms with Crippen molar-refractivity contribution in [1.82, 2.24) is 9.88 Å². The molecule has 28 heavy (non-hydrogen) atoms. The van der Waals surface area contributed by atoms with Crippen molar-refractivity contribution in [3.63, 3.8) is 0 Å². The van der Waals surface area contributed by atoms with E-state index >= 15 is 0 Å². The van der Waals surface area contributed by atoms with Gasteiger partial charge in [-0.1, -0.05) is 17.7 Å². The molecule has 3 heterocycles. The van der Waals surface area contributed by atoms with Crippen LogP contribution >= 0.6 is 11.6 Å². The Morgan fingerprint density at radius 3 is 2.79 bits per heavy atom. The van der Waals surface area contributed by atoms with Crippen LogP contribution in [-0.4, -0.2) is 41.2 Å². The first kappa shape index (κ1) is 18.8. The van der Waals surface area contributed by atoms with E-state index in [9.17, 15) is 9.18 Å². The molecule has 4 rings (SSSR count). The predicted octanol–water partition coefficient (Wildman–Crippen LogP) is 3.91. The molecule has 0 bridgehead atoms. The van der Waals surface area contributed by atoms with E-state index in [1.54, 1.807) is 30.6 Å². The third-order valence-corrected chi connectivity index (χ3v) is 5.35. The zero-order valence-electron chi connectivity index (χ0n) is 15.3. The maximum atomic E-state index is 14.3. The van der Waals surface area contributed by atoms with Crippen LogP contribution in [0.2, 0.25) is 5.02 Å². The van der Waals surface area contributed by atoms with Crippen molar-refractivity contribution < 1.29 is 13.9 Å². The van der Waals surface area contributed by atoms with Crippen LogP contribution in [0.5, 0.6) is 0 Å². The molecule has 2 aromatic rings. The molecule has 1 aromatic heterocycles. The van der Waals surface area contributed by atoms with Gasteiger partial charge in [0.2, 0.25) is 0 Å². The van der Waals surface area contributed by atoms with Crippen molar-refractivity contribution in [1.29, 1.82) is 0 Å². The summed E-state index contributed by atoms with van der Waals surface area (Å²) in [5.74, 6) is -0.115. The summed E-state index contributed by atoms with van der Waals surface area (Å²) in [4.78, 5) is 23.3. The molecule has 0 saturated carbocycles. The lowest BCUT2D eigenvalue weighted by Gasteiger charge is -2.38. The first-order valence-electron chi connectivity index (χ1n) is 9.09. The van der Waals surface area contributed by atoms with Gasteiger partial charge in [-0.05, 0) is 31.2 Å². The monoisotopic (exact) mass is 399 g/mol. The molecule has 0 N–H and O–H groups in total. The van der Waals surface area contributed by atoms with Crippen LogP contribution in [0.15, 0.2) is 53.8 Å². The van der Waals surface area contributed by atoms with Gasteiger partial charge in [0.05, 0.1) is 18.2 Å². The van der Waals surface area contributed by atoms with Crippen LogP contribution in [0.25, 0.3) is 5.70 Å². The molecule has 144 valence electrons. The molecule has 0 amide bonds. The molecule has 1 saturated heterocycles. The van der Waals surface area contributed by atoms with Gasteiger partial charge < -0.3 is 9.64 Å². The summed E-state index contributed by atoms with van der Waals surface area (Å²) in [6, 6.07) is 8.23. The van der Waals surface area contributed by atoms with Crippen LogP contribution in [0.1, 0.15) is 24.2 Å². The fraction of sp³-hybridized carbons (Fsp3) is 0.286. The van der Waals surface area contributed by atoms with Gasteiger partial charge in [0.25, 0.3) is 0 Å². The van der Waals surface area contributed by atoms with Gasteiger partial charge >= 0.3 is 0 Å². The second-order valence-electron chi connectivity index (χ2n) is 6.80. The van der Waals surface area contributed by atoms with Gasteiger partial charge in [-0.2, -0.15) is 0 Å². The molecule has 1 fully saturated rings. The van der Waals surface area contributed by atoms with Gasteiger partial charge in [-0.15, -0.1) is 0 Å². The Morgan fingerprint density at radius 1 is 1.25 bits per heavy atom. The highest BCUT2D eigenvalue weighted by atomic mass is 35.5. The van der Waals surface area contributed by atoms with Crippen molar-refractivity contribution in [2.45, 2.75) is 13.0 Å². The number of aromatic nitrogens is 1. The predicted molar refractivity (Wildman–Crippen MR) is 105 cm³/mol. The Balaban J connectivity index is 1.64. The highest BCUT2D eigenvalue weighted by Crippen LogP contribution is 2.32. The molecule has 1 unspecified atom stereocenters. The zero-order chi connectivity index (χ0) is 19.7. The lowest BCUT2D eigenvalue weighted by Crippen LogP contribution is -2.46. The van der Waals surface area contributed by atoms with Gasteiger partial charge in [0.1, 0.15) is 17.8 Å². The molecule has 0 aliphatic carbocycles. The van der Waals surface area contributed by atoms with Crippen LogP contribution in [0.3, 0.4) is 0 Å². The van der Waals surface area contributed by atoms with Crippen LogP contribution in [-0.2, 0) is 9.53 Å². The van der Waals surface area contributed by atoms with E-state index in [1.165, 1.54) is 6.07 Å². The number of hydrogen-bond acceptors (Lipinski definition) is 5. The number of ketones is 1. The van der Waals surface area contributed by atoms with E-state index < -0.39 is 11.9 Å². The number of amidine groups is 1. The molecule has 2 aliphatic rings. The Labute approximate surface area is 167 Å². The van der Waals surface area contributed by atoms with E-state index in [2.05, 4.69) is 4.98 Å². The van der Waals surface area contributed by atoms with Crippen molar-refractivity contribution in [2.24, 2.45) is 10.9 Å². The van der Waals surface area contributed by atoms with Crippen molar-refractivity contribution in [3.05, 3.63) is 70.8 Å². The molecule has 5 nitrogen and oxygen atoms in total. The minimum atomic E-state index is -0.525. The topological polar surface area (TPSA) is 54.8 Å². The van der Waals surface area contributed by atoms with E-state index in [-0.39, 0.29) is 11.7 Å². The number of carbonyl (C=O) groups is 1. The highest BCUT2D eigenvalue weighted by Gasteiger charge is 2.33. The smallest absolute Gasteiger partial charge is 0.168 e. The molecule has 0 spiro atoms. The first-order valence-corrected chi connectivity index (χ1v) is 9.47. The van der Waals surface area contributed by atoms with Crippen LogP contribution < -0.4 is 0 Å². The minimum absolute atomic E-state index is 0.0104. The standard InChI is InChI=1S/C21H19ClFN3O2/c1-13-18(27)11-17(14-5-7-24-8-6-14)25-21(13)26-9-10-28-19(12-26)20-15(22)3-2-4-16(20)23/h2-8,11,13,19H,9-10,12H2,1H3/t13?,19-/m1/s1. The zero-order valence-corrected chi connectivity index (χ0v) is 16.1. The quantitative estimate of drug-likeness (QED) is 0.768. The fourth-order valence-electron chi connectivity index (χ4n) is 3.50. The van der Waals surface area contributed by atoms with Crippen molar-refractivity contribution in [3.8, 4) is 0 Å². The second-order valence-corrected chi connectivity index (χ2v) is 7.21. The average molecular weight is 400 g/mol. The first-order chi connectivity index (χ1) is 13.5. The van der Waals surface area contributed by atoms with Crippen molar-refractivity contribution in [2.75, 3.05) is 19.7 Å². The van der Waals surface area contributed by atoms with Crippen LogP contribution in [0.4, 0.5) is 4.39 Å². The molecule has 1 aromatic carbocycles. The Hall–Kier alpha value is -2.57. The second kappa shape index (κ2) is 7.81. The lowest BCUT2D eigenvalue weighted by atomic mass is 9.97. The number of benzene rings is 1. The Bertz CT molecular complexity index is 941. The number of carbonyl (C=O) groups excluding carboxylic acids is 1. The summed E-state index contributed by atoms with van der Waals surface area (Å²) < 4.78 is 20.1. The Kier molecular flexibility index (Phi) is 5.24. The fourth-order valence-corrected chi connectivity index (χ4v) is 3.79. The van der Waals surface area contributed by atoms with E-state index in [4.69, 9.17) is 21.3 Å². The summed E-state index contributed by atoms with van der Waals surface area (Å²) in [6.45, 7) is 3.18. The van der Waals surface area contributed by atoms with Gasteiger partial charge in [0, 0.05) is 47.7 Å². The number of nitrogens with zero attached hydrogens (tertiary/aromatic N) is 3. The van der Waals surface area contributed by atoms with Gasteiger partial charge in [0.15, 0.2) is 5.78 Å². The molecule has 2 atom stereocenters. The number of rotatable bonds is 2. The largest absolute Gasteiger partial charge is 0.370 e. The SMILES string of the molecule is CC1C(=O)C=C(c2ccncc2)N=C1N1CCO[C@@H](c2c(F)cccc2Cl)C1. The number of hydrogen-bond donors (Lipinski definition) is 0. The molecule has 7 heteroatoms. The summed E-state index contributed by atoms with van der Waals surface area (Å²) in [5, 5.41) is 0.332. The summed E-state index contributed by atoms with van der Waals surface area (Å²) in [6.07, 6.45) is 4.37. The lowest BCUT2D eigenvalue weighted by molar-refractivity contribution is -0.116. The number of halogens is 2. The summed E-state index contributed by atoms with van der Waals surface area (Å²) in [7, 11) is 0. The van der Waals surface area contributed by atoms with Gasteiger partial charge in [-0.3, -0.25) is 9.78 Å². The Morgan fingerprint density at radius 2 is 2.04 bits per heavy atom. The van der Waals surface area contributed by atoms with Crippen molar-refractivity contribution >= 4 is 28.9 Å². The summed E-state index contributed by atoms with van der Waals surface area (Å²) in [5.41, 5.74) is 1.77. The molecular weight excluding hydrogens is 381 g/mol. The average Bonchev–Trinajstić information content (AvgIpc) is 2.71. The maximum Gasteiger partial charge on any atom is 0.168 e. The molecule has 0 radical (unpaired) electrons.